The van der Waals surface area contributed by atoms with Gasteiger partial charge in [-0.1, -0.05) is 17.7 Å². The Labute approximate surface area is 116 Å². The number of aryl methyl sites for hydroxylation is 1. The van der Waals surface area contributed by atoms with Crippen molar-refractivity contribution >= 4 is 21.6 Å². The number of nitrogens with one attached hydrogen (secondary N) is 2. The number of aromatic amines is 1. The van der Waals surface area contributed by atoms with Gasteiger partial charge in [0.2, 0.25) is 10.0 Å². The number of rotatable bonds is 5. The molecule has 2 N–H and O–H groups in total. The lowest BCUT2D eigenvalue weighted by Crippen LogP contribution is -2.26. The molecule has 19 heavy (non-hydrogen) atoms. The zero-order valence-electron chi connectivity index (χ0n) is 10.2. The highest BCUT2D eigenvalue weighted by atomic mass is 35.5. The van der Waals surface area contributed by atoms with Gasteiger partial charge in [-0.2, -0.15) is 5.10 Å². The molecule has 1 aromatic carbocycles. The summed E-state index contributed by atoms with van der Waals surface area (Å²) in [5, 5.41) is 6.75. The zero-order valence-corrected chi connectivity index (χ0v) is 11.8. The monoisotopic (exact) mass is 300 g/mol. The molecule has 102 valence electrons. The van der Waals surface area contributed by atoms with Gasteiger partial charge in [0.1, 0.15) is 12.2 Å². The molecule has 0 saturated heterocycles. The minimum atomic E-state index is -3.56. The van der Waals surface area contributed by atoms with Crippen LogP contribution in [0.4, 0.5) is 0 Å². The van der Waals surface area contributed by atoms with E-state index < -0.39 is 10.0 Å². The maximum atomic E-state index is 12.1. The van der Waals surface area contributed by atoms with Crippen LogP contribution in [0.5, 0.6) is 0 Å². The van der Waals surface area contributed by atoms with Gasteiger partial charge in [-0.15, -0.1) is 0 Å². The van der Waals surface area contributed by atoms with Crippen LogP contribution in [-0.2, 0) is 16.4 Å². The summed E-state index contributed by atoms with van der Waals surface area (Å²) in [7, 11) is -3.56. The molecule has 0 unspecified atom stereocenters. The van der Waals surface area contributed by atoms with Gasteiger partial charge in [0.15, 0.2) is 0 Å². The van der Waals surface area contributed by atoms with E-state index in [1.54, 1.807) is 19.1 Å². The Morgan fingerprint density at radius 3 is 2.89 bits per heavy atom. The van der Waals surface area contributed by atoms with Crippen LogP contribution in [0.1, 0.15) is 11.4 Å². The zero-order chi connectivity index (χ0) is 13.9. The molecule has 2 rings (SSSR count). The van der Waals surface area contributed by atoms with E-state index in [0.717, 1.165) is 0 Å². The second kappa shape index (κ2) is 5.68. The first kappa shape index (κ1) is 14.0. The van der Waals surface area contributed by atoms with Crippen LogP contribution in [-0.4, -0.2) is 30.1 Å². The number of benzene rings is 1. The molecule has 2 aromatic rings. The first-order valence-corrected chi connectivity index (χ1v) is 7.45. The number of sulfonamides is 1. The Balaban J connectivity index is 2.07. The molecule has 1 heterocycles. The summed E-state index contributed by atoms with van der Waals surface area (Å²) < 4.78 is 26.7. The average molecular weight is 301 g/mol. The van der Waals surface area contributed by atoms with Crippen LogP contribution in [0.3, 0.4) is 0 Å². The lowest BCUT2D eigenvalue weighted by molar-refractivity contribution is 0.580. The SMILES string of the molecule is Cc1ccc(Cl)cc1S(=O)(=O)NCCc1ncn[nH]1. The van der Waals surface area contributed by atoms with Crippen molar-refractivity contribution in [3.8, 4) is 0 Å². The number of aromatic nitrogens is 3. The molecule has 0 spiro atoms. The summed E-state index contributed by atoms with van der Waals surface area (Å²) in [5.74, 6) is 0.630. The van der Waals surface area contributed by atoms with Crippen LogP contribution >= 0.6 is 11.6 Å². The molecule has 0 aliphatic rings. The van der Waals surface area contributed by atoms with Crippen LogP contribution in [0.2, 0.25) is 5.02 Å². The largest absolute Gasteiger partial charge is 0.263 e. The normalized spacial score (nSPS) is 11.7. The van der Waals surface area contributed by atoms with Crippen molar-refractivity contribution in [2.45, 2.75) is 18.2 Å². The number of hydrogen-bond acceptors (Lipinski definition) is 4. The second-order valence-electron chi connectivity index (χ2n) is 3.99. The molecule has 0 amide bonds. The number of hydrogen-bond donors (Lipinski definition) is 2. The molecule has 0 atom stereocenters. The Bertz CT molecular complexity index is 655. The van der Waals surface area contributed by atoms with Crippen molar-refractivity contribution in [2.75, 3.05) is 6.54 Å². The van der Waals surface area contributed by atoms with Crippen LogP contribution in [0.15, 0.2) is 29.4 Å². The molecule has 6 nitrogen and oxygen atoms in total. The predicted molar refractivity (Wildman–Crippen MR) is 71.5 cm³/mol. The van der Waals surface area contributed by atoms with Gasteiger partial charge >= 0.3 is 0 Å². The third kappa shape index (κ3) is 3.52. The van der Waals surface area contributed by atoms with E-state index in [1.165, 1.54) is 12.4 Å². The van der Waals surface area contributed by atoms with Gasteiger partial charge in [-0.05, 0) is 24.6 Å². The standard InChI is InChI=1S/C11H13ClN4O2S/c1-8-2-3-9(12)6-10(8)19(17,18)15-5-4-11-13-7-14-16-11/h2-3,6-7,15H,4-5H2,1H3,(H,13,14,16). The van der Waals surface area contributed by atoms with Crippen molar-refractivity contribution in [1.82, 2.24) is 19.9 Å². The first-order valence-electron chi connectivity index (χ1n) is 5.59. The smallest absolute Gasteiger partial charge is 0.240 e. The highest BCUT2D eigenvalue weighted by molar-refractivity contribution is 7.89. The van der Waals surface area contributed by atoms with Crippen molar-refractivity contribution < 1.29 is 8.42 Å². The van der Waals surface area contributed by atoms with Crippen LogP contribution in [0, 0.1) is 6.92 Å². The number of halogens is 1. The fourth-order valence-corrected chi connectivity index (χ4v) is 3.13. The van der Waals surface area contributed by atoms with Crippen LogP contribution in [0.25, 0.3) is 0 Å². The van der Waals surface area contributed by atoms with Gasteiger partial charge < -0.3 is 0 Å². The highest BCUT2D eigenvalue weighted by Gasteiger charge is 2.16. The van der Waals surface area contributed by atoms with Gasteiger partial charge in [0, 0.05) is 18.0 Å². The van der Waals surface area contributed by atoms with Crippen molar-refractivity contribution in [1.29, 1.82) is 0 Å². The molecule has 8 heteroatoms. The maximum absolute atomic E-state index is 12.1. The summed E-state index contributed by atoms with van der Waals surface area (Å²) >= 11 is 5.82. The Morgan fingerprint density at radius 1 is 1.42 bits per heavy atom. The van der Waals surface area contributed by atoms with E-state index in [9.17, 15) is 8.42 Å². The Hall–Kier alpha value is -1.44. The number of nitrogens with zero attached hydrogens (tertiary/aromatic N) is 2. The Kier molecular flexibility index (Phi) is 4.18. The quantitative estimate of drug-likeness (QED) is 0.871. The second-order valence-corrected chi connectivity index (χ2v) is 6.16. The summed E-state index contributed by atoms with van der Waals surface area (Å²) in [4.78, 5) is 4.11. The molecule has 0 saturated carbocycles. The van der Waals surface area contributed by atoms with Gasteiger partial charge in [0.25, 0.3) is 0 Å². The van der Waals surface area contributed by atoms with E-state index >= 15 is 0 Å². The molecular weight excluding hydrogens is 288 g/mol. The fraction of sp³-hybridized carbons (Fsp3) is 0.273. The summed E-state index contributed by atoms with van der Waals surface area (Å²) in [5.41, 5.74) is 0.650. The van der Waals surface area contributed by atoms with Gasteiger partial charge in [-0.25, -0.2) is 18.1 Å². The summed E-state index contributed by atoms with van der Waals surface area (Å²) in [6.45, 7) is 1.96. The third-order valence-corrected chi connectivity index (χ3v) is 4.40. The van der Waals surface area contributed by atoms with E-state index in [4.69, 9.17) is 11.6 Å². The van der Waals surface area contributed by atoms with Gasteiger partial charge in [0.05, 0.1) is 4.90 Å². The molecule has 1 aromatic heterocycles. The van der Waals surface area contributed by atoms with Crippen molar-refractivity contribution in [2.24, 2.45) is 0 Å². The minimum Gasteiger partial charge on any atom is -0.263 e. The minimum absolute atomic E-state index is 0.192. The fourth-order valence-electron chi connectivity index (χ4n) is 1.60. The van der Waals surface area contributed by atoms with E-state index in [-0.39, 0.29) is 11.4 Å². The Morgan fingerprint density at radius 2 is 2.21 bits per heavy atom. The molecule has 0 radical (unpaired) electrons. The topological polar surface area (TPSA) is 87.7 Å². The summed E-state index contributed by atoms with van der Waals surface area (Å²) in [6.07, 6.45) is 1.82. The average Bonchev–Trinajstić information content (AvgIpc) is 2.85. The van der Waals surface area contributed by atoms with Crippen LogP contribution < -0.4 is 4.72 Å². The first-order chi connectivity index (χ1) is 8.99. The number of H-pyrrole nitrogens is 1. The van der Waals surface area contributed by atoms with E-state index in [0.29, 0.717) is 22.8 Å². The predicted octanol–water partition coefficient (Wildman–Crippen LogP) is 1.29. The van der Waals surface area contributed by atoms with Crippen molar-refractivity contribution in [3.63, 3.8) is 0 Å². The van der Waals surface area contributed by atoms with Gasteiger partial charge in [-0.3, -0.25) is 5.10 Å². The lowest BCUT2D eigenvalue weighted by Gasteiger charge is -2.09. The molecule has 0 aliphatic heterocycles. The lowest BCUT2D eigenvalue weighted by atomic mass is 10.2. The van der Waals surface area contributed by atoms with Crippen molar-refractivity contribution in [3.05, 3.63) is 40.9 Å². The summed E-state index contributed by atoms with van der Waals surface area (Å²) in [6, 6.07) is 4.77. The molecule has 0 aliphatic carbocycles. The molecule has 0 bridgehead atoms. The molecule has 0 fully saturated rings. The van der Waals surface area contributed by atoms with E-state index in [2.05, 4.69) is 19.9 Å². The molecular formula is C11H13ClN4O2S. The van der Waals surface area contributed by atoms with E-state index in [1.807, 2.05) is 0 Å². The third-order valence-electron chi connectivity index (χ3n) is 2.56. The maximum Gasteiger partial charge on any atom is 0.240 e. The highest BCUT2D eigenvalue weighted by Crippen LogP contribution is 2.19.